The number of nitrogens with one attached hydrogen (secondary N) is 1. The Labute approximate surface area is 238 Å². The Balaban J connectivity index is 1.85. The molecule has 1 N–H and O–H groups in total. The van der Waals surface area contributed by atoms with Crippen LogP contribution >= 0.6 is 0 Å². The molecule has 2 aliphatic rings. The van der Waals surface area contributed by atoms with Gasteiger partial charge in [0.25, 0.3) is 5.91 Å². The molecule has 41 heavy (non-hydrogen) atoms. The minimum Gasteiger partial charge on any atom is -0.468 e. The van der Waals surface area contributed by atoms with Crippen molar-refractivity contribution >= 4 is 29.5 Å². The molecule has 3 aromatic rings. The number of hydrogen-bond donors (Lipinski definition) is 1. The van der Waals surface area contributed by atoms with Crippen molar-refractivity contribution in [2.24, 2.45) is 0 Å². The van der Waals surface area contributed by atoms with Gasteiger partial charge in [-0.2, -0.15) is 0 Å². The molecule has 0 unspecified atom stereocenters. The number of carbonyl (C=O) groups is 4. The van der Waals surface area contributed by atoms with Gasteiger partial charge in [0.05, 0.1) is 26.9 Å². The third-order valence-corrected chi connectivity index (χ3v) is 7.97. The summed E-state index contributed by atoms with van der Waals surface area (Å²) in [5.41, 5.74) is -3.74. The summed E-state index contributed by atoms with van der Waals surface area (Å²) >= 11 is 0. The van der Waals surface area contributed by atoms with E-state index >= 15 is 4.79 Å². The van der Waals surface area contributed by atoms with E-state index in [1.807, 2.05) is 30.3 Å². The SMILES string of the molecule is CCOC(=O)C1(C(=O)OCC)C[C@](C(=O)OC)(c2ccccc2)[C@]2(N1)C(=O)N(Cc1ccccc1)c1ccccc12. The quantitative estimate of drug-likeness (QED) is 0.255. The lowest BCUT2D eigenvalue weighted by molar-refractivity contribution is -0.166. The monoisotopic (exact) mass is 556 g/mol. The summed E-state index contributed by atoms with van der Waals surface area (Å²) in [6.45, 7) is 3.36. The largest absolute Gasteiger partial charge is 0.468 e. The lowest BCUT2D eigenvalue weighted by atomic mass is 9.62. The highest BCUT2D eigenvalue weighted by Gasteiger charge is 2.79. The smallest absolute Gasteiger partial charge is 0.338 e. The van der Waals surface area contributed by atoms with E-state index in [0.29, 0.717) is 16.8 Å². The summed E-state index contributed by atoms with van der Waals surface area (Å²) < 4.78 is 16.2. The zero-order chi connectivity index (χ0) is 29.3. The number of ether oxygens (including phenoxy) is 3. The first-order valence-corrected chi connectivity index (χ1v) is 13.6. The van der Waals surface area contributed by atoms with Crippen LogP contribution in [0.3, 0.4) is 0 Å². The summed E-state index contributed by atoms with van der Waals surface area (Å²) in [6.07, 6.45) is -0.465. The van der Waals surface area contributed by atoms with Gasteiger partial charge in [0, 0.05) is 17.7 Å². The summed E-state index contributed by atoms with van der Waals surface area (Å²) in [5, 5.41) is 3.13. The molecule has 0 aliphatic carbocycles. The van der Waals surface area contributed by atoms with Crippen molar-refractivity contribution < 1.29 is 33.4 Å². The molecule has 1 fully saturated rings. The predicted octanol–water partition coefficient (Wildman–Crippen LogP) is 3.40. The van der Waals surface area contributed by atoms with E-state index in [0.717, 1.165) is 5.56 Å². The zero-order valence-corrected chi connectivity index (χ0v) is 23.2. The predicted molar refractivity (Wildman–Crippen MR) is 150 cm³/mol. The van der Waals surface area contributed by atoms with E-state index in [1.54, 1.807) is 73.3 Å². The van der Waals surface area contributed by atoms with Crippen LogP contribution in [0.2, 0.25) is 0 Å². The average molecular weight is 557 g/mol. The molecule has 5 rings (SSSR count). The molecule has 0 aromatic heterocycles. The Morgan fingerprint density at radius 2 is 1.37 bits per heavy atom. The fraction of sp³-hybridized carbons (Fsp3) is 0.312. The maximum Gasteiger partial charge on any atom is 0.338 e. The van der Waals surface area contributed by atoms with Gasteiger partial charge in [-0.05, 0) is 31.0 Å². The molecule has 9 nitrogen and oxygen atoms in total. The van der Waals surface area contributed by atoms with Gasteiger partial charge in [0.1, 0.15) is 11.0 Å². The molecule has 1 spiro atoms. The first-order chi connectivity index (χ1) is 19.8. The van der Waals surface area contributed by atoms with Crippen LogP contribution in [0, 0.1) is 0 Å². The highest BCUT2D eigenvalue weighted by Crippen LogP contribution is 2.60. The van der Waals surface area contributed by atoms with E-state index in [4.69, 9.17) is 14.2 Å². The van der Waals surface area contributed by atoms with Gasteiger partial charge in [0.15, 0.2) is 0 Å². The van der Waals surface area contributed by atoms with Gasteiger partial charge in [-0.15, -0.1) is 0 Å². The molecule has 2 aliphatic heterocycles. The number of carbonyl (C=O) groups excluding carboxylic acids is 4. The first-order valence-electron chi connectivity index (χ1n) is 13.6. The number of hydrogen-bond acceptors (Lipinski definition) is 8. The molecule has 0 radical (unpaired) electrons. The van der Waals surface area contributed by atoms with E-state index in [1.165, 1.54) is 7.11 Å². The third kappa shape index (κ3) is 4.02. The van der Waals surface area contributed by atoms with Crippen molar-refractivity contribution in [2.75, 3.05) is 25.2 Å². The van der Waals surface area contributed by atoms with Crippen molar-refractivity contribution in [3.8, 4) is 0 Å². The molecule has 1 saturated heterocycles. The van der Waals surface area contributed by atoms with Crippen LogP contribution in [-0.2, 0) is 50.9 Å². The van der Waals surface area contributed by atoms with Crippen molar-refractivity contribution in [1.29, 1.82) is 0 Å². The van der Waals surface area contributed by atoms with E-state index in [2.05, 4.69) is 5.32 Å². The average Bonchev–Trinajstić information content (AvgIpc) is 3.46. The first kappa shape index (κ1) is 28.0. The second-order valence-corrected chi connectivity index (χ2v) is 10.1. The van der Waals surface area contributed by atoms with Crippen LogP contribution in [-0.4, -0.2) is 49.7 Å². The Hall–Kier alpha value is -4.50. The number of methoxy groups -OCH3 is 1. The Kier molecular flexibility index (Phi) is 7.40. The van der Waals surface area contributed by atoms with Crippen LogP contribution in [0.4, 0.5) is 5.69 Å². The van der Waals surface area contributed by atoms with Crippen LogP contribution in [0.25, 0.3) is 0 Å². The molecule has 212 valence electrons. The number of benzene rings is 3. The number of para-hydroxylation sites is 1. The van der Waals surface area contributed by atoms with Crippen LogP contribution in [0.15, 0.2) is 84.9 Å². The molecule has 9 heteroatoms. The minimum atomic E-state index is -2.19. The fourth-order valence-electron chi connectivity index (χ4n) is 6.31. The Morgan fingerprint density at radius 3 is 1.95 bits per heavy atom. The lowest BCUT2D eigenvalue weighted by Crippen LogP contribution is -2.65. The lowest BCUT2D eigenvalue weighted by Gasteiger charge is -2.40. The standard InChI is InChI=1S/C32H32N2O7/c1-4-40-28(37)31(29(38)41-5-2)21-30(27(36)39-3,23-16-10-7-11-17-23)32(33-31)24-18-12-13-19-25(24)34(26(32)35)20-22-14-8-6-9-15-22/h6-19,33H,4-5,20-21H2,1-3H3/t30-,32-/m1/s1. The van der Waals surface area contributed by atoms with Gasteiger partial charge in [0.2, 0.25) is 5.54 Å². The molecular formula is C32H32N2O7. The second kappa shape index (κ2) is 10.8. The normalized spacial score (nSPS) is 22.3. The highest BCUT2D eigenvalue weighted by atomic mass is 16.6. The van der Waals surface area contributed by atoms with Crippen molar-refractivity contribution in [3.05, 3.63) is 102 Å². The fourth-order valence-corrected chi connectivity index (χ4v) is 6.31. The topological polar surface area (TPSA) is 111 Å². The van der Waals surface area contributed by atoms with Gasteiger partial charge in [-0.3, -0.25) is 14.9 Å². The third-order valence-electron chi connectivity index (χ3n) is 7.97. The highest BCUT2D eigenvalue weighted by molar-refractivity contribution is 6.17. The van der Waals surface area contributed by atoms with E-state index < -0.39 is 46.7 Å². The van der Waals surface area contributed by atoms with Crippen molar-refractivity contribution in [2.45, 2.75) is 43.3 Å². The Morgan fingerprint density at radius 1 is 0.805 bits per heavy atom. The van der Waals surface area contributed by atoms with Gasteiger partial charge < -0.3 is 19.1 Å². The summed E-state index contributed by atoms with van der Waals surface area (Å²) in [5.74, 6) is -3.17. The number of anilines is 1. The molecule has 3 aromatic carbocycles. The summed E-state index contributed by atoms with van der Waals surface area (Å²) in [7, 11) is 1.22. The maximum atomic E-state index is 15.0. The molecule has 0 bridgehead atoms. The number of amides is 1. The minimum absolute atomic E-state index is 0.0319. The summed E-state index contributed by atoms with van der Waals surface area (Å²) in [4.78, 5) is 58.4. The maximum absolute atomic E-state index is 15.0. The van der Waals surface area contributed by atoms with Crippen LogP contribution < -0.4 is 10.2 Å². The van der Waals surface area contributed by atoms with Crippen LogP contribution in [0.1, 0.15) is 37.0 Å². The molecule has 2 heterocycles. The molecular weight excluding hydrogens is 524 g/mol. The van der Waals surface area contributed by atoms with Gasteiger partial charge in [-0.25, -0.2) is 9.59 Å². The van der Waals surface area contributed by atoms with Gasteiger partial charge in [-0.1, -0.05) is 78.9 Å². The van der Waals surface area contributed by atoms with Crippen molar-refractivity contribution in [1.82, 2.24) is 5.32 Å². The number of rotatable bonds is 8. The molecule has 2 atom stereocenters. The number of esters is 3. The van der Waals surface area contributed by atoms with Crippen LogP contribution in [0.5, 0.6) is 0 Å². The molecule has 0 saturated carbocycles. The molecule has 1 amide bonds. The second-order valence-electron chi connectivity index (χ2n) is 10.1. The van der Waals surface area contributed by atoms with Crippen molar-refractivity contribution in [3.63, 3.8) is 0 Å². The van der Waals surface area contributed by atoms with Gasteiger partial charge >= 0.3 is 17.9 Å². The summed E-state index contributed by atoms with van der Waals surface area (Å²) in [6, 6.07) is 25.1. The number of nitrogens with zero attached hydrogens (tertiary/aromatic N) is 1. The number of fused-ring (bicyclic) bond motifs is 2. The zero-order valence-electron chi connectivity index (χ0n) is 23.2. The van der Waals surface area contributed by atoms with E-state index in [-0.39, 0.29) is 19.8 Å². The Bertz CT molecular complexity index is 1460. The van der Waals surface area contributed by atoms with E-state index in [9.17, 15) is 14.4 Å².